The van der Waals surface area contributed by atoms with E-state index in [1.165, 1.54) is 12.1 Å². The Balaban J connectivity index is 1.87. The second-order valence-corrected chi connectivity index (χ2v) is 8.24. The highest BCUT2D eigenvalue weighted by Crippen LogP contribution is 2.14. The van der Waals surface area contributed by atoms with Crippen molar-refractivity contribution in [2.24, 2.45) is 5.92 Å². The van der Waals surface area contributed by atoms with Crippen LogP contribution < -0.4 is 4.72 Å². The topological polar surface area (TPSA) is 52.7 Å². The summed E-state index contributed by atoms with van der Waals surface area (Å²) >= 11 is 0. The molecule has 1 unspecified atom stereocenters. The van der Waals surface area contributed by atoms with Gasteiger partial charge in [-0.25, -0.2) is 17.5 Å². The third-order valence-electron chi connectivity index (χ3n) is 4.24. The van der Waals surface area contributed by atoms with Crippen molar-refractivity contribution >= 4 is 10.0 Å². The maximum Gasteiger partial charge on any atom is 0.240 e. The summed E-state index contributed by atoms with van der Waals surface area (Å²) in [7, 11) is -1.55. The summed E-state index contributed by atoms with van der Waals surface area (Å²) < 4.78 is 40.6. The number of rotatable bonds is 6. The van der Waals surface area contributed by atoms with Crippen molar-refractivity contribution in [1.82, 2.24) is 14.5 Å². The van der Waals surface area contributed by atoms with Crippen LogP contribution in [0, 0.1) is 18.7 Å². The fourth-order valence-corrected chi connectivity index (χ4v) is 3.79. The number of hydrogen-bond donors (Lipinski definition) is 1. The zero-order valence-electron chi connectivity index (χ0n) is 14.0. The summed E-state index contributed by atoms with van der Waals surface area (Å²) in [5, 5.41) is 0. The molecule has 1 aliphatic rings. The van der Waals surface area contributed by atoms with E-state index in [2.05, 4.69) is 21.6 Å². The van der Waals surface area contributed by atoms with Gasteiger partial charge in [0.25, 0.3) is 0 Å². The summed E-state index contributed by atoms with van der Waals surface area (Å²) in [4.78, 5) is 4.62. The van der Waals surface area contributed by atoms with E-state index in [0.29, 0.717) is 12.1 Å². The predicted octanol–water partition coefficient (Wildman–Crippen LogP) is 1.30. The van der Waals surface area contributed by atoms with Crippen LogP contribution in [0.4, 0.5) is 4.39 Å². The molecule has 2 rings (SSSR count). The molecule has 5 nitrogen and oxygen atoms in total. The maximum atomic E-state index is 13.5. The molecule has 1 N–H and O–H groups in total. The number of sulfonamides is 1. The van der Waals surface area contributed by atoms with Crippen molar-refractivity contribution in [3.63, 3.8) is 0 Å². The van der Waals surface area contributed by atoms with Crippen molar-refractivity contribution in [3.05, 3.63) is 29.6 Å². The van der Waals surface area contributed by atoms with Crippen LogP contribution in [-0.2, 0) is 10.0 Å². The van der Waals surface area contributed by atoms with Crippen LogP contribution in [0.25, 0.3) is 0 Å². The van der Waals surface area contributed by atoms with E-state index >= 15 is 0 Å². The lowest BCUT2D eigenvalue weighted by molar-refractivity contribution is 0.139. The van der Waals surface area contributed by atoms with Gasteiger partial charge >= 0.3 is 0 Å². The molecule has 1 aromatic carbocycles. The molecule has 0 spiro atoms. The van der Waals surface area contributed by atoms with Gasteiger partial charge in [-0.1, -0.05) is 13.0 Å². The highest BCUT2D eigenvalue weighted by atomic mass is 32.2. The molecule has 0 aromatic heterocycles. The molecule has 130 valence electrons. The first-order chi connectivity index (χ1) is 10.8. The zero-order chi connectivity index (χ0) is 17.0. The van der Waals surface area contributed by atoms with E-state index in [1.54, 1.807) is 6.92 Å². The highest BCUT2D eigenvalue weighted by molar-refractivity contribution is 7.89. The predicted molar refractivity (Wildman–Crippen MR) is 89.4 cm³/mol. The number of nitrogens with one attached hydrogen (secondary N) is 1. The van der Waals surface area contributed by atoms with Crippen molar-refractivity contribution in [1.29, 1.82) is 0 Å². The average Bonchev–Trinajstić information content (AvgIpc) is 2.50. The number of piperazine rings is 1. The minimum Gasteiger partial charge on any atom is -0.304 e. The van der Waals surface area contributed by atoms with Gasteiger partial charge in [0.2, 0.25) is 10.0 Å². The van der Waals surface area contributed by atoms with Gasteiger partial charge in [-0.3, -0.25) is 0 Å². The van der Waals surface area contributed by atoms with Gasteiger partial charge in [0.1, 0.15) is 5.82 Å². The number of benzene rings is 1. The zero-order valence-corrected chi connectivity index (χ0v) is 14.9. The fourth-order valence-electron chi connectivity index (χ4n) is 2.61. The maximum absolute atomic E-state index is 13.5. The fraction of sp³-hybridized carbons (Fsp3) is 0.625. The molecule has 0 aliphatic carbocycles. The molecule has 1 aromatic rings. The quantitative estimate of drug-likeness (QED) is 0.846. The minimum atomic E-state index is -3.66. The molecule has 1 heterocycles. The van der Waals surface area contributed by atoms with E-state index in [-0.39, 0.29) is 10.8 Å². The Morgan fingerprint density at radius 3 is 2.52 bits per heavy atom. The van der Waals surface area contributed by atoms with Crippen molar-refractivity contribution in [3.8, 4) is 0 Å². The number of likely N-dealkylation sites (N-methyl/N-ethyl adjacent to an activating group) is 1. The molecule has 1 saturated heterocycles. The molecular weight excluding hydrogens is 317 g/mol. The normalized spacial score (nSPS) is 19.0. The van der Waals surface area contributed by atoms with Gasteiger partial charge < -0.3 is 9.80 Å². The lowest BCUT2D eigenvalue weighted by Gasteiger charge is -2.33. The summed E-state index contributed by atoms with van der Waals surface area (Å²) in [6.07, 6.45) is 0. The van der Waals surface area contributed by atoms with E-state index in [0.717, 1.165) is 38.8 Å². The number of hydrogen-bond acceptors (Lipinski definition) is 4. The van der Waals surface area contributed by atoms with Gasteiger partial charge in [0.05, 0.1) is 4.90 Å². The number of halogens is 1. The summed E-state index contributed by atoms with van der Waals surface area (Å²) in [6.45, 7) is 8.95. The Bertz CT molecular complexity index is 628. The molecule has 23 heavy (non-hydrogen) atoms. The standard InChI is InChI=1S/C16H26FN3O2S/c1-13(12-20-8-6-19(3)7-9-20)11-18-23(21,22)15-5-4-14(2)16(17)10-15/h4-5,10,13,18H,6-9,11-12H2,1-3H3. The smallest absolute Gasteiger partial charge is 0.240 e. The molecular formula is C16H26FN3O2S. The van der Waals surface area contributed by atoms with Gasteiger partial charge in [0, 0.05) is 39.3 Å². The number of nitrogens with zero attached hydrogens (tertiary/aromatic N) is 2. The van der Waals surface area contributed by atoms with Crippen LogP contribution in [0.15, 0.2) is 23.1 Å². The van der Waals surface area contributed by atoms with Crippen LogP contribution >= 0.6 is 0 Å². The first-order valence-electron chi connectivity index (χ1n) is 7.94. The minimum absolute atomic E-state index is 0.0209. The SMILES string of the molecule is Cc1ccc(S(=O)(=O)NCC(C)CN2CCN(C)CC2)cc1F. The van der Waals surface area contributed by atoms with Crippen LogP contribution in [0.5, 0.6) is 0 Å². The Hall–Kier alpha value is -1.02. The van der Waals surface area contributed by atoms with E-state index in [9.17, 15) is 12.8 Å². The Labute approximate surface area is 138 Å². The Morgan fingerprint density at radius 1 is 1.26 bits per heavy atom. The van der Waals surface area contributed by atoms with Crippen LogP contribution in [0.3, 0.4) is 0 Å². The van der Waals surface area contributed by atoms with Gasteiger partial charge in [-0.15, -0.1) is 0 Å². The van der Waals surface area contributed by atoms with Gasteiger partial charge in [-0.2, -0.15) is 0 Å². The van der Waals surface area contributed by atoms with E-state index < -0.39 is 15.8 Å². The first kappa shape index (κ1) is 18.3. The summed E-state index contributed by atoms with van der Waals surface area (Å²) in [5.41, 5.74) is 0.437. The van der Waals surface area contributed by atoms with E-state index in [4.69, 9.17) is 0 Å². The van der Waals surface area contributed by atoms with Crippen molar-refractivity contribution in [2.45, 2.75) is 18.7 Å². The number of aryl methyl sites for hydroxylation is 1. The lowest BCUT2D eigenvalue weighted by Crippen LogP contribution is -2.46. The van der Waals surface area contributed by atoms with Crippen LogP contribution in [0.2, 0.25) is 0 Å². The monoisotopic (exact) mass is 343 g/mol. The summed E-state index contributed by atoms with van der Waals surface area (Å²) in [5.74, 6) is -0.304. The van der Waals surface area contributed by atoms with Crippen molar-refractivity contribution < 1.29 is 12.8 Å². The molecule has 0 amide bonds. The molecule has 0 saturated carbocycles. The molecule has 0 bridgehead atoms. The highest BCUT2D eigenvalue weighted by Gasteiger charge is 2.19. The first-order valence-corrected chi connectivity index (χ1v) is 9.43. The van der Waals surface area contributed by atoms with E-state index in [1.807, 2.05) is 6.92 Å². The van der Waals surface area contributed by atoms with Crippen LogP contribution in [0.1, 0.15) is 12.5 Å². The third kappa shape index (κ3) is 5.24. The Morgan fingerprint density at radius 2 is 1.91 bits per heavy atom. The van der Waals surface area contributed by atoms with Gasteiger partial charge in [0.15, 0.2) is 0 Å². The molecule has 1 aliphatic heterocycles. The Kier molecular flexibility index (Phi) is 6.13. The summed E-state index contributed by atoms with van der Waals surface area (Å²) in [6, 6.07) is 3.99. The third-order valence-corrected chi connectivity index (χ3v) is 5.66. The lowest BCUT2D eigenvalue weighted by atomic mass is 10.1. The van der Waals surface area contributed by atoms with Crippen LogP contribution in [-0.4, -0.2) is 64.5 Å². The van der Waals surface area contributed by atoms with Crippen molar-refractivity contribution in [2.75, 3.05) is 46.3 Å². The average molecular weight is 343 g/mol. The molecule has 7 heteroatoms. The van der Waals surface area contributed by atoms with Gasteiger partial charge in [-0.05, 0) is 37.6 Å². The second kappa shape index (κ2) is 7.70. The molecule has 1 atom stereocenters. The molecule has 1 fully saturated rings. The molecule has 0 radical (unpaired) electrons. The second-order valence-electron chi connectivity index (χ2n) is 6.47. The largest absolute Gasteiger partial charge is 0.304 e.